The first-order chi connectivity index (χ1) is 13.1. The summed E-state index contributed by atoms with van der Waals surface area (Å²) in [6.07, 6.45) is 7.13. The Bertz CT molecular complexity index is 692. The highest BCUT2D eigenvalue weighted by molar-refractivity contribution is 5.79. The number of hydrogen-bond donors (Lipinski definition) is 0. The molecule has 4 rings (SSSR count). The second-order valence-corrected chi connectivity index (χ2v) is 7.98. The van der Waals surface area contributed by atoms with Crippen molar-refractivity contribution in [1.82, 2.24) is 9.80 Å². The smallest absolute Gasteiger partial charge is 0.292 e. The zero-order valence-electron chi connectivity index (χ0n) is 15.8. The van der Waals surface area contributed by atoms with Crippen LogP contribution in [0.2, 0.25) is 0 Å². The van der Waals surface area contributed by atoms with E-state index in [2.05, 4.69) is 14.7 Å². The third-order valence-corrected chi connectivity index (χ3v) is 6.10. The molecule has 1 aliphatic heterocycles. The molecule has 1 amide bonds. The van der Waals surface area contributed by atoms with Crippen molar-refractivity contribution in [2.24, 2.45) is 0 Å². The lowest BCUT2D eigenvalue weighted by Crippen LogP contribution is -2.52. The van der Waals surface area contributed by atoms with Gasteiger partial charge in [-0.25, -0.2) is 0 Å². The number of carbonyl (C=O) groups is 1. The Kier molecular flexibility index (Phi) is 5.29. The van der Waals surface area contributed by atoms with Crippen LogP contribution < -0.4 is 4.90 Å². The van der Waals surface area contributed by atoms with E-state index in [1.165, 1.54) is 12.8 Å². The zero-order chi connectivity index (χ0) is 18.8. The molecule has 1 aromatic rings. The molecule has 146 valence electrons. The minimum Gasteiger partial charge on any atom is -0.363 e. The lowest BCUT2D eigenvalue weighted by Gasteiger charge is -2.37. The van der Waals surface area contributed by atoms with Crippen molar-refractivity contribution in [3.05, 3.63) is 34.4 Å². The number of carbonyl (C=O) groups excluding carboxylic acids is 1. The first kappa shape index (κ1) is 18.2. The van der Waals surface area contributed by atoms with Crippen molar-refractivity contribution >= 4 is 17.3 Å². The lowest BCUT2D eigenvalue weighted by molar-refractivity contribution is -0.384. The standard InChI is InChI=1S/C20H28N4O3/c25-20(23(17-9-10-17)16-5-1-2-6-16)15-21-11-13-22(14-12-21)18-7-3-4-8-19(18)24(26)27/h3-4,7-8,16-17H,1-2,5-6,9-15H2. The summed E-state index contributed by atoms with van der Waals surface area (Å²) in [7, 11) is 0. The first-order valence-electron chi connectivity index (χ1n) is 10.2. The summed E-state index contributed by atoms with van der Waals surface area (Å²) in [5.74, 6) is 0.281. The number of benzene rings is 1. The number of para-hydroxylation sites is 2. The summed E-state index contributed by atoms with van der Waals surface area (Å²) in [5, 5.41) is 11.3. The van der Waals surface area contributed by atoms with Gasteiger partial charge in [0.1, 0.15) is 5.69 Å². The Balaban J connectivity index is 1.34. The normalized spacial score (nSPS) is 21.4. The summed E-state index contributed by atoms with van der Waals surface area (Å²) in [6, 6.07) is 7.85. The van der Waals surface area contributed by atoms with Crippen molar-refractivity contribution < 1.29 is 9.72 Å². The Morgan fingerprint density at radius 1 is 1.04 bits per heavy atom. The van der Waals surface area contributed by atoms with Gasteiger partial charge in [-0.1, -0.05) is 25.0 Å². The van der Waals surface area contributed by atoms with Crippen molar-refractivity contribution in [1.29, 1.82) is 0 Å². The van der Waals surface area contributed by atoms with E-state index in [4.69, 9.17) is 0 Å². The highest BCUT2D eigenvalue weighted by Gasteiger charge is 2.38. The molecule has 7 heteroatoms. The molecule has 1 saturated heterocycles. The van der Waals surface area contributed by atoms with Crippen molar-refractivity contribution in [2.45, 2.75) is 50.6 Å². The van der Waals surface area contributed by atoms with Crippen LogP contribution in [-0.4, -0.2) is 65.4 Å². The van der Waals surface area contributed by atoms with Gasteiger partial charge in [-0.3, -0.25) is 19.8 Å². The van der Waals surface area contributed by atoms with Crippen LogP contribution in [0, 0.1) is 10.1 Å². The highest BCUT2D eigenvalue weighted by atomic mass is 16.6. The lowest BCUT2D eigenvalue weighted by atomic mass is 10.2. The number of nitro benzene ring substituents is 1. The molecule has 3 aliphatic rings. The highest BCUT2D eigenvalue weighted by Crippen LogP contribution is 2.34. The summed E-state index contributed by atoms with van der Waals surface area (Å²) < 4.78 is 0. The van der Waals surface area contributed by atoms with Gasteiger partial charge in [0.25, 0.3) is 5.69 Å². The van der Waals surface area contributed by atoms with E-state index in [1.54, 1.807) is 12.1 Å². The largest absolute Gasteiger partial charge is 0.363 e. The molecule has 0 radical (unpaired) electrons. The quantitative estimate of drug-likeness (QED) is 0.567. The summed E-state index contributed by atoms with van der Waals surface area (Å²) in [5.41, 5.74) is 0.835. The van der Waals surface area contributed by atoms with Gasteiger partial charge in [0, 0.05) is 44.3 Å². The molecule has 0 bridgehead atoms. The molecule has 0 N–H and O–H groups in total. The molecule has 3 fully saturated rings. The third-order valence-electron chi connectivity index (χ3n) is 6.10. The molecule has 2 aliphatic carbocycles. The average Bonchev–Trinajstić information content (AvgIpc) is 3.36. The van der Waals surface area contributed by atoms with Crippen molar-refractivity contribution in [3.63, 3.8) is 0 Å². The van der Waals surface area contributed by atoms with Crippen LogP contribution in [-0.2, 0) is 4.79 Å². The molecule has 1 heterocycles. The number of anilines is 1. The van der Waals surface area contributed by atoms with Crippen LogP contribution in [0.1, 0.15) is 38.5 Å². The van der Waals surface area contributed by atoms with Gasteiger partial charge in [-0.05, 0) is 31.7 Å². The summed E-state index contributed by atoms with van der Waals surface area (Å²) in [6.45, 7) is 3.44. The topological polar surface area (TPSA) is 69.9 Å². The van der Waals surface area contributed by atoms with Gasteiger partial charge in [0.05, 0.1) is 11.5 Å². The Morgan fingerprint density at radius 2 is 1.67 bits per heavy atom. The predicted octanol–water partition coefficient (Wildman–Crippen LogP) is 2.65. The van der Waals surface area contributed by atoms with E-state index < -0.39 is 0 Å². The Labute approximate surface area is 160 Å². The Morgan fingerprint density at radius 3 is 2.30 bits per heavy atom. The van der Waals surface area contributed by atoms with Gasteiger partial charge >= 0.3 is 0 Å². The number of nitrogens with zero attached hydrogens (tertiary/aromatic N) is 4. The van der Waals surface area contributed by atoms with Gasteiger partial charge in [0.2, 0.25) is 5.91 Å². The van der Waals surface area contributed by atoms with Gasteiger partial charge in [0.15, 0.2) is 0 Å². The van der Waals surface area contributed by atoms with E-state index in [9.17, 15) is 14.9 Å². The third kappa shape index (κ3) is 4.08. The Hall–Kier alpha value is -2.15. The van der Waals surface area contributed by atoms with Crippen LogP contribution in [0.5, 0.6) is 0 Å². The molecular formula is C20H28N4O3. The fourth-order valence-corrected chi connectivity index (χ4v) is 4.55. The minimum absolute atomic E-state index is 0.156. The molecule has 0 unspecified atom stereocenters. The fraction of sp³-hybridized carbons (Fsp3) is 0.650. The van der Waals surface area contributed by atoms with Crippen LogP contribution in [0.4, 0.5) is 11.4 Å². The molecule has 7 nitrogen and oxygen atoms in total. The van der Waals surface area contributed by atoms with Crippen molar-refractivity contribution in [2.75, 3.05) is 37.6 Å². The second-order valence-electron chi connectivity index (χ2n) is 7.98. The molecule has 0 atom stereocenters. The van der Waals surface area contributed by atoms with Gasteiger partial charge in [-0.15, -0.1) is 0 Å². The summed E-state index contributed by atoms with van der Waals surface area (Å²) >= 11 is 0. The number of piperazine rings is 1. The minimum atomic E-state index is -0.319. The monoisotopic (exact) mass is 372 g/mol. The van der Waals surface area contributed by atoms with E-state index >= 15 is 0 Å². The van der Waals surface area contributed by atoms with Gasteiger partial charge in [-0.2, -0.15) is 0 Å². The second kappa shape index (κ2) is 7.84. The van der Waals surface area contributed by atoms with Crippen LogP contribution in [0.3, 0.4) is 0 Å². The molecule has 1 aromatic carbocycles. The molecular weight excluding hydrogens is 344 g/mol. The maximum atomic E-state index is 13.0. The first-order valence-corrected chi connectivity index (χ1v) is 10.2. The van der Waals surface area contributed by atoms with E-state index in [-0.39, 0.29) is 16.5 Å². The molecule has 27 heavy (non-hydrogen) atoms. The zero-order valence-corrected chi connectivity index (χ0v) is 15.8. The van der Waals surface area contributed by atoms with Gasteiger partial charge < -0.3 is 9.80 Å². The maximum absolute atomic E-state index is 13.0. The molecule has 2 saturated carbocycles. The number of rotatable bonds is 6. The van der Waals surface area contributed by atoms with Crippen molar-refractivity contribution in [3.8, 4) is 0 Å². The fourth-order valence-electron chi connectivity index (χ4n) is 4.55. The molecule has 0 spiro atoms. The van der Waals surface area contributed by atoms with E-state index in [0.717, 1.165) is 38.8 Å². The average molecular weight is 372 g/mol. The summed E-state index contributed by atoms with van der Waals surface area (Å²) in [4.78, 5) is 30.4. The number of amides is 1. The van der Waals surface area contributed by atoms with E-state index in [0.29, 0.717) is 37.4 Å². The van der Waals surface area contributed by atoms with Crippen LogP contribution >= 0.6 is 0 Å². The number of nitro groups is 1. The maximum Gasteiger partial charge on any atom is 0.292 e. The molecule has 0 aromatic heterocycles. The predicted molar refractivity (Wildman–Crippen MR) is 104 cm³/mol. The van der Waals surface area contributed by atoms with E-state index in [1.807, 2.05) is 12.1 Å². The SMILES string of the molecule is O=C(CN1CCN(c2ccccc2[N+](=O)[O-])CC1)N(C1CCCC1)C1CC1. The van der Waals surface area contributed by atoms with Crippen LogP contribution in [0.15, 0.2) is 24.3 Å². The van der Waals surface area contributed by atoms with Crippen LogP contribution in [0.25, 0.3) is 0 Å². The number of hydrogen-bond acceptors (Lipinski definition) is 5.